The molecule has 1 amide bonds. The smallest absolute Gasteiger partial charge is 0.303 e. The van der Waals surface area contributed by atoms with Crippen LogP contribution in [0.5, 0.6) is 0 Å². The zero-order chi connectivity index (χ0) is 14.1. The van der Waals surface area contributed by atoms with Crippen molar-refractivity contribution < 1.29 is 19.4 Å². The minimum absolute atomic E-state index is 0.00294. The summed E-state index contributed by atoms with van der Waals surface area (Å²) in [5, 5.41) is 11.2. The van der Waals surface area contributed by atoms with Crippen molar-refractivity contribution in [3.8, 4) is 0 Å². The number of nitrogens with one attached hydrogen (secondary N) is 1. The summed E-state index contributed by atoms with van der Waals surface area (Å²) in [6.07, 6.45) is -0.143. The monoisotopic (exact) mass is 265 g/mol. The maximum atomic E-state index is 11.4. The van der Waals surface area contributed by atoms with Gasteiger partial charge in [0.25, 0.3) is 0 Å². The molecule has 0 atom stereocenters. The molecule has 0 unspecified atom stereocenters. The van der Waals surface area contributed by atoms with Crippen LogP contribution < -0.4 is 5.32 Å². The van der Waals surface area contributed by atoms with Gasteiger partial charge in [0.15, 0.2) is 0 Å². The van der Waals surface area contributed by atoms with Crippen molar-refractivity contribution in [2.75, 3.05) is 6.61 Å². The zero-order valence-electron chi connectivity index (χ0n) is 11.0. The quantitative estimate of drug-likeness (QED) is 0.750. The minimum atomic E-state index is -0.966. The first-order valence-corrected chi connectivity index (χ1v) is 6.26. The van der Waals surface area contributed by atoms with Crippen molar-refractivity contribution in [2.45, 2.75) is 32.9 Å². The maximum Gasteiger partial charge on any atom is 0.303 e. The molecule has 0 bridgehead atoms. The number of hydrogen-bond acceptors (Lipinski definition) is 3. The fraction of sp³-hybridized carbons (Fsp3) is 0.429. The van der Waals surface area contributed by atoms with Crippen LogP contribution in [-0.2, 0) is 27.5 Å². The molecule has 0 radical (unpaired) electrons. The molecule has 0 aromatic heterocycles. The number of aliphatic carboxylic acids is 1. The minimum Gasteiger partial charge on any atom is -0.481 e. The molecule has 1 aromatic rings. The predicted octanol–water partition coefficient (Wildman–Crippen LogP) is 1.70. The highest BCUT2D eigenvalue weighted by atomic mass is 16.5. The lowest BCUT2D eigenvalue weighted by atomic mass is 10.1. The van der Waals surface area contributed by atoms with Gasteiger partial charge in [-0.15, -0.1) is 0 Å². The van der Waals surface area contributed by atoms with Gasteiger partial charge in [0.05, 0.1) is 13.0 Å². The Labute approximate surface area is 112 Å². The molecule has 0 aliphatic carbocycles. The second-order valence-corrected chi connectivity index (χ2v) is 4.08. The van der Waals surface area contributed by atoms with Gasteiger partial charge in [0.2, 0.25) is 5.91 Å². The van der Waals surface area contributed by atoms with Crippen molar-refractivity contribution >= 4 is 11.9 Å². The zero-order valence-corrected chi connectivity index (χ0v) is 11.0. The Morgan fingerprint density at radius 1 is 1.21 bits per heavy atom. The molecule has 1 rings (SSSR count). The fourth-order valence-electron chi connectivity index (χ4n) is 1.59. The van der Waals surface area contributed by atoms with Crippen LogP contribution >= 0.6 is 0 Å². The number of carbonyl (C=O) groups is 2. The van der Waals surface area contributed by atoms with E-state index in [0.717, 1.165) is 11.1 Å². The van der Waals surface area contributed by atoms with Crippen molar-refractivity contribution in [2.24, 2.45) is 0 Å². The molecule has 5 heteroatoms. The molecular formula is C14H19NO4. The fourth-order valence-corrected chi connectivity index (χ4v) is 1.59. The second-order valence-electron chi connectivity index (χ2n) is 4.08. The van der Waals surface area contributed by atoms with Crippen LogP contribution in [0.1, 0.15) is 30.9 Å². The molecule has 1 aromatic carbocycles. The molecule has 19 heavy (non-hydrogen) atoms. The van der Waals surface area contributed by atoms with E-state index < -0.39 is 5.97 Å². The normalized spacial score (nSPS) is 10.2. The third kappa shape index (κ3) is 6.01. The van der Waals surface area contributed by atoms with Crippen molar-refractivity contribution in [3.63, 3.8) is 0 Å². The van der Waals surface area contributed by atoms with E-state index in [4.69, 9.17) is 9.84 Å². The molecule has 0 fully saturated rings. The summed E-state index contributed by atoms with van der Waals surface area (Å²) >= 11 is 0. The van der Waals surface area contributed by atoms with E-state index in [2.05, 4.69) is 5.32 Å². The van der Waals surface area contributed by atoms with E-state index in [1.54, 1.807) is 0 Å². The van der Waals surface area contributed by atoms with E-state index in [1.165, 1.54) is 0 Å². The number of amides is 1. The molecule has 0 saturated heterocycles. The van der Waals surface area contributed by atoms with Gasteiger partial charge in [-0.3, -0.25) is 9.59 Å². The summed E-state index contributed by atoms with van der Waals surface area (Å²) in [6.45, 7) is 3.47. The Morgan fingerprint density at radius 3 is 2.53 bits per heavy atom. The van der Waals surface area contributed by atoms with E-state index >= 15 is 0 Å². The average molecular weight is 265 g/mol. The third-order valence-electron chi connectivity index (χ3n) is 2.62. The number of rotatable bonds is 8. The van der Waals surface area contributed by atoms with Gasteiger partial charge in [-0.1, -0.05) is 24.3 Å². The Hall–Kier alpha value is -1.88. The van der Waals surface area contributed by atoms with Crippen molar-refractivity contribution in [1.82, 2.24) is 5.32 Å². The Balaban J connectivity index is 2.47. The molecule has 104 valence electrons. The lowest BCUT2D eigenvalue weighted by Gasteiger charge is -2.10. The summed E-state index contributed by atoms with van der Waals surface area (Å²) in [4.78, 5) is 21.8. The van der Waals surface area contributed by atoms with Crippen LogP contribution in [-0.4, -0.2) is 23.6 Å². The molecule has 0 heterocycles. The highest BCUT2D eigenvalue weighted by molar-refractivity contribution is 5.80. The molecule has 0 saturated carbocycles. The molecule has 5 nitrogen and oxygen atoms in total. The van der Waals surface area contributed by atoms with E-state index in [0.29, 0.717) is 19.8 Å². The molecular weight excluding hydrogens is 246 g/mol. The van der Waals surface area contributed by atoms with Gasteiger partial charge in [0, 0.05) is 19.6 Å². The molecule has 0 spiro atoms. The number of benzene rings is 1. The number of ether oxygens (including phenoxy) is 1. The first kappa shape index (κ1) is 15.2. The summed E-state index contributed by atoms with van der Waals surface area (Å²) in [7, 11) is 0. The van der Waals surface area contributed by atoms with Crippen LogP contribution in [0, 0.1) is 0 Å². The van der Waals surface area contributed by atoms with Crippen molar-refractivity contribution in [3.05, 3.63) is 35.4 Å². The standard InChI is InChI=1S/C14H19NO4/c1-2-19-10-12-6-4-3-5-11(12)9-15-13(16)7-8-14(17)18/h3-6H,2,7-10H2,1H3,(H,15,16)(H,17,18). The van der Waals surface area contributed by atoms with Gasteiger partial charge in [-0.2, -0.15) is 0 Å². The van der Waals surface area contributed by atoms with Gasteiger partial charge in [0.1, 0.15) is 0 Å². The van der Waals surface area contributed by atoms with Gasteiger partial charge in [-0.25, -0.2) is 0 Å². The lowest BCUT2D eigenvalue weighted by molar-refractivity contribution is -0.138. The second kappa shape index (κ2) is 8.26. The number of carbonyl (C=O) groups excluding carboxylic acids is 1. The largest absolute Gasteiger partial charge is 0.481 e. The highest BCUT2D eigenvalue weighted by Crippen LogP contribution is 2.10. The first-order chi connectivity index (χ1) is 9.13. The van der Waals surface area contributed by atoms with E-state index in [9.17, 15) is 9.59 Å². The Kier molecular flexibility index (Phi) is 6.60. The number of carboxylic acids is 1. The summed E-state index contributed by atoms with van der Waals surface area (Å²) < 4.78 is 5.36. The number of hydrogen-bond donors (Lipinski definition) is 2. The van der Waals surface area contributed by atoms with Crippen LogP contribution in [0.25, 0.3) is 0 Å². The van der Waals surface area contributed by atoms with Gasteiger partial charge < -0.3 is 15.2 Å². The van der Waals surface area contributed by atoms with Crippen LogP contribution in [0.3, 0.4) is 0 Å². The van der Waals surface area contributed by atoms with Gasteiger partial charge in [-0.05, 0) is 18.1 Å². The maximum absolute atomic E-state index is 11.4. The molecule has 0 aliphatic rings. The van der Waals surface area contributed by atoms with Crippen molar-refractivity contribution in [1.29, 1.82) is 0 Å². The van der Waals surface area contributed by atoms with Crippen LogP contribution in [0.2, 0.25) is 0 Å². The summed E-state index contributed by atoms with van der Waals surface area (Å²) in [6, 6.07) is 7.69. The third-order valence-corrected chi connectivity index (χ3v) is 2.62. The molecule has 2 N–H and O–H groups in total. The summed E-state index contributed by atoms with van der Waals surface area (Å²) in [5.74, 6) is -1.22. The lowest BCUT2D eigenvalue weighted by Crippen LogP contribution is -2.23. The van der Waals surface area contributed by atoms with E-state index in [-0.39, 0.29) is 18.7 Å². The first-order valence-electron chi connectivity index (χ1n) is 6.26. The number of carboxylic acid groups (broad SMARTS) is 1. The summed E-state index contributed by atoms with van der Waals surface area (Å²) in [5.41, 5.74) is 2.02. The Bertz CT molecular complexity index is 431. The average Bonchev–Trinajstić information content (AvgIpc) is 2.41. The van der Waals surface area contributed by atoms with Crippen LogP contribution in [0.15, 0.2) is 24.3 Å². The highest BCUT2D eigenvalue weighted by Gasteiger charge is 2.07. The van der Waals surface area contributed by atoms with Crippen LogP contribution in [0.4, 0.5) is 0 Å². The topological polar surface area (TPSA) is 75.6 Å². The Morgan fingerprint density at radius 2 is 1.89 bits per heavy atom. The SMILES string of the molecule is CCOCc1ccccc1CNC(=O)CCC(=O)O. The van der Waals surface area contributed by atoms with E-state index in [1.807, 2.05) is 31.2 Å². The molecule has 0 aliphatic heterocycles. The predicted molar refractivity (Wildman–Crippen MR) is 70.5 cm³/mol. The van der Waals surface area contributed by atoms with Gasteiger partial charge >= 0.3 is 5.97 Å².